The molecular formula is C18H16F3N3O2. The van der Waals surface area contributed by atoms with E-state index in [0.29, 0.717) is 6.54 Å². The van der Waals surface area contributed by atoms with E-state index in [1.54, 1.807) is 4.90 Å². The molecule has 1 saturated heterocycles. The molecule has 1 aliphatic rings. The fourth-order valence-corrected chi connectivity index (χ4v) is 2.76. The maximum absolute atomic E-state index is 13.6. The molecular weight excluding hydrogens is 347 g/mol. The molecule has 2 amide bonds. The van der Waals surface area contributed by atoms with Gasteiger partial charge in [-0.05, 0) is 17.7 Å². The highest BCUT2D eigenvalue weighted by Crippen LogP contribution is 2.22. The molecule has 2 aromatic rings. The first-order valence-corrected chi connectivity index (χ1v) is 7.96. The number of carbonyl (C=O) groups is 2. The minimum absolute atomic E-state index is 0.0284. The second-order valence-electron chi connectivity index (χ2n) is 6.00. The van der Waals surface area contributed by atoms with E-state index in [2.05, 4.69) is 10.9 Å². The van der Waals surface area contributed by atoms with Gasteiger partial charge in [-0.1, -0.05) is 30.3 Å². The average molecular weight is 363 g/mol. The molecule has 8 heteroatoms. The van der Waals surface area contributed by atoms with Crippen LogP contribution in [0.2, 0.25) is 0 Å². The summed E-state index contributed by atoms with van der Waals surface area (Å²) in [6.07, 6.45) is 0.0284. The Kier molecular flexibility index (Phi) is 5.11. The van der Waals surface area contributed by atoms with E-state index in [0.717, 1.165) is 17.7 Å². The fraction of sp³-hybridized carbons (Fsp3) is 0.222. The number of carbonyl (C=O) groups excluding carboxylic acids is 2. The number of nitrogens with one attached hydrogen (secondary N) is 2. The Morgan fingerprint density at radius 2 is 1.81 bits per heavy atom. The Bertz CT molecular complexity index is 830. The number of hydrogen-bond donors (Lipinski definition) is 2. The van der Waals surface area contributed by atoms with Gasteiger partial charge in [0.25, 0.3) is 0 Å². The summed E-state index contributed by atoms with van der Waals surface area (Å²) < 4.78 is 39.6. The summed E-state index contributed by atoms with van der Waals surface area (Å²) in [7, 11) is 0. The van der Waals surface area contributed by atoms with Gasteiger partial charge in [-0.3, -0.25) is 20.4 Å². The first-order chi connectivity index (χ1) is 12.5. The number of hydrogen-bond acceptors (Lipinski definition) is 3. The van der Waals surface area contributed by atoms with Crippen LogP contribution in [0.15, 0.2) is 42.5 Å². The van der Waals surface area contributed by atoms with Gasteiger partial charge in [0, 0.05) is 19.5 Å². The van der Waals surface area contributed by atoms with Crippen LogP contribution < -0.4 is 10.9 Å². The number of anilines is 1. The van der Waals surface area contributed by atoms with Crippen molar-refractivity contribution < 1.29 is 22.8 Å². The van der Waals surface area contributed by atoms with E-state index in [4.69, 9.17) is 0 Å². The highest BCUT2D eigenvalue weighted by Gasteiger charge is 2.34. The summed E-state index contributed by atoms with van der Waals surface area (Å²) in [5.74, 6) is -5.69. The second kappa shape index (κ2) is 7.47. The number of likely N-dealkylation sites (tertiary alicyclic amines) is 1. The smallest absolute Gasteiger partial charge is 0.243 e. The van der Waals surface area contributed by atoms with Gasteiger partial charge >= 0.3 is 0 Å². The summed E-state index contributed by atoms with van der Waals surface area (Å²) >= 11 is 0. The number of halogens is 3. The molecule has 0 radical (unpaired) electrons. The zero-order valence-corrected chi connectivity index (χ0v) is 13.6. The third-order valence-electron chi connectivity index (χ3n) is 4.16. The highest BCUT2D eigenvalue weighted by molar-refractivity contribution is 5.89. The van der Waals surface area contributed by atoms with Crippen molar-refractivity contribution in [1.29, 1.82) is 0 Å². The predicted octanol–water partition coefficient (Wildman–Crippen LogP) is 2.60. The van der Waals surface area contributed by atoms with Crippen LogP contribution in [-0.2, 0) is 16.1 Å². The molecule has 1 fully saturated rings. The van der Waals surface area contributed by atoms with Crippen molar-refractivity contribution in [1.82, 2.24) is 10.3 Å². The van der Waals surface area contributed by atoms with Gasteiger partial charge in [0.1, 0.15) is 0 Å². The first kappa shape index (κ1) is 17.8. The van der Waals surface area contributed by atoms with Gasteiger partial charge in [0.2, 0.25) is 11.8 Å². The second-order valence-corrected chi connectivity index (χ2v) is 6.00. The first-order valence-electron chi connectivity index (χ1n) is 7.96. The SMILES string of the molecule is O=C(NNc1ccc(F)c(F)c1F)C1CC(=O)N(Cc2ccccc2)C1. The molecule has 1 atom stereocenters. The quantitative estimate of drug-likeness (QED) is 0.634. The molecule has 1 heterocycles. The van der Waals surface area contributed by atoms with E-state index in [1.807, 2.05) is 30.3 Å². The van der Waals surface area contributed by atoms with Crippen LogP contribution in [0.4, 0.5) is 18.9 Å². The van der Waals surface area contributed by atoms with Crippen molar-refractivity contribution >= 4 is 17.5 Å². The largest absolute Gasteiger partial charge is 0.338 e. The van der Waals surface area contributed by atoms with E-state index >= 15 is 0 Å². The lowest BCUT2D eigenvalue weighted by Crippen LogP contribution is -2.36. The van der Waals surface area contributed by atoms with Gasteiger partial charge < -0.3 is 4.90 Å². The molecule has 26 heavy (non-hydrogen) atoms. The zero-order valence-electron chi connectivity index (χ0n) is 13.6. The molecule has 3 rings (SSSR count). The number of rotatable bonds is 5. The van der Waals surface area contributed by atoms with Crippen LogP contribution in [0.3, 0.4) is 0 Å². The summed E-state index contributed by atoms with van der Waals surface area (Å²) in [5, 5.41) is 0. The van der Waals surface area contributed by atoms with E-state index in [9.17, 15) is 22.8 Å². The van der Waals surface area contributed by atoms with Crippen LogP contribution in [0.1, 0.15) is 12.0 Å². The van der Waals surface area contributed by atoms with Crippen molar-refractivity contribution in [2.24, 2.45) is 5.92 Å². The molecule has 0 bridgehead atoms. The fourth-order valence-electron chi connectivity index (χ4n) is 2.76. The standard InChI is InChI=1S/C18H16F3N3O2/c19-13-6-7-14(17(21)16(13)20)22-23-18(26)12-8-15(25)24(10-12)9-11-4-2-1-3-5-11/h1-7,12,22H,8-10H2,(H,23,26). The summed E-state index contributed by atoms with van der Waals surface area (Å²) in [6.45, 7) is 0.621. The topological polar surface area (TPSA) is 61.4 Å². The van der Waals surface area contributed by atoms with Crippen molar-refractivity contribution in [3.05, 3.63) is 65.5 Å². The lowest BCUT2D eigenvalue weighted by Gasteiger charge is -2.17. The lowest BCUT2D eigenvalue weighted by atomic mass is 10.1. The van der Waals surface area contributed by atoms with Crippen molar-refractivity contribution in [2.45, 2.75) is 13.0 Å². The van der Waals surface area contributed by atoms with Crippen LogP contribution >= 0.6 is 0 Å². The predicted molar refractivity (Wildman–Crippen MR) is 88.0 cm³/mol. The zero-order chi connectivity index (χ0) is 18.7. The summed E-state index contributed by atoms with van der Waals surface area (Å²) in [4.78, 5) is 25.8. The number of benzene rings is 2. The molecule has 1 unspecified atom stereocenters. The highest BCUT2D eigenvalue weighted by atomic mass is 19.2. The molecule has 1 aliphatic heterocycles. The van der Waals surface area contributed by atoms with Gasteiger partial charge in [-0.2, -0.15) is 0 Å². The minimum atomic E-state index is -1.63. The Morgan fingerprint density at radius 1 is 1.08 bits per heavy atom. The normalized spacial score (nSPS) is 16.7. The molecule has 2 aromatic carbocycles. The van der Waals surface area contributed by atoms with Crippen LogP contribution in [-0.4, -0.2) is 23.3 Å². The number of amides is 2. The van der Waals surface area contributed by atoms with E-state index in [-0.39, 0.29) is 18.9 Å². The number of hydrazine groups is 1. The third kappa shape index (κ3) is 3.79. The Balaban J connectivity index is 1.57. The van der Waals surface area contributed by atoms with Gasteiger partial charge in [-0.25, -0.2) is 13.2 Å². The maximum Gasteiger partial charge on any atom is 0.243 e. The van der Waals surface area contributed by atoms with Crippen LogP contribution in [0, 0.1) is 23.4 Å². The monoisotopic (exact) mass is 363 g/mol. The van der Waals surface area contributed by atoms with Crippen molar-refractivity contribution in [3.63, 3.8) is 0 Å². The van der Waals surface area contributed by atoms with E-state index in [1.165, 1.54) is 0 Å². The molecule has 0 spiro atoms. The molecule has 0 aromatic heterocycles. The van der Waals surface area contributed by atoms with E-state index < -0.39 is 35.0 Å². The average Bonchev–Trinajstić information content (AvgIpc) is 3.00. The maximum atomic E-state index is 13.6. The molecule has 2 N–H and O–H groups in total. The third-order valence-corrected chi connectivity index (χ3v) is 4.16. The van der Waals surface area contributed by atoms with Crippen molar-refractivity contribution in [3.8, 4) is 0 Å². The Hall–Kier alpha value is -3.03. The summed E-state index contributed by atoms with van der Waals surface area (Å²) in [5.41, 5.74) is 5.01. The molecule has 0 aliphatic carbocycles. The number of nitrogens with zero attached hydrogens (tertiary/aromatic N) is 1. The van der Waals surface area contributed by atoms with Gasteiger partial charge in [-0.15, -0.1) is 0 Å². The Labute approximate surface area is 147 Å². The lowest BCUT2D eigenvalue weighted by molar-refractivity contribution is -0.129. The van der Waals surface area contributed by atoms with Crippen LogP contribution in [0.5, 0.6) is 0 Å². The van der Waals surface area contributed by atoms with Crippen LogP contribution in [0.25, 0.3) is 0 Å². The van der Waals surface area contributed by atoms with Crippen molar-refractivity contribution in [2.75, 3.05) is 12.0 Å². The minimum Gasteiger partial charge on any atom is -0.338 e. The molecule has 136 valence electrons. The molecule has 0 saturated carbocycles. The molecule has 5 nitrogen and oxygen atoms in total. The van der Waals surface area contributed by atoms with Gasteiger partial charge in [0.15, 0.2) is 17.5 Å². The summed E-state index contributed by atoms with van der Waals surface area (Å²) in [6, 6.07) is 11.1. The Morgan fingerprint density at radius 3 is 2.54 bits per heavy atom. The van der Waals surface area contributed by atoms with Gasteiger partial charge in [0.05, 0.1) is 11.6 Å².